The van der Waals surface area contributed by atoms with Crippen LogP contribution in [0.3, 0.4) is 0 Å². The number of nitrogens with zero attached hydrogens (tertiary/aromatic N) is 1. The van der Waals surface area contributed by atoms with Crippen molar-refractivity contribution in [3.63, 3.8) is 0 Å². The van der Waals surface area contributed by atoms with Crippen molar-refractivity contribution < 1.29 is 33.0 Å². The molecule has 0 radical (unpaired) electrons. The van der Waals surface area contributed by atoms with E-state index >= 15 is 0 Å². The Labute approximate surface area is 195 Å². The van der Waals surface area contributed by atoms with Gasteiger partial charge < -0.3 is 20.1 Å². The Balaban J connectivity index is 1.32. The van der Waals surface area contributed by atoms with Gasteiger partial charge in [-0.05, 0) is 28.7 Å². The molecule has 178 valence electrons. The van der Waals surface area contributed by atoms with Crippen molar-refractivity contribution in [2.75, 3.05) is 26.2 Å². The van der Waals surface area contributed by atoms with E-state index in [9.17, 15) is 28.3 Å². The first-order chi connectivity index (χ1) is 16.2. The van der Waals surface area contributed by atoms with E-state index in [1.54, 1.807) is 0 Å². The zero-order chi connectivity index (χ0) is 24.5. The number of ether oxygens (including phenoxy) is 1. The SMILES string of the molecule is C=CCC1(C(=O)O)CN(C(=O)C(F)(F)CNC(=O)OCC2c3ccccc3-c3ccccc32)C1. The van der Waals surface area contributed by atoms with Crippen molar-refractivity contribution in [3.05, 3.63) is 72.3 Å². The minimum atomic E-state index is -3.90. The van der Waals surface area contributed by atoms with E-state index in [0.29, 0.717) is 0 Å². The van der Waals surface area contributed by atoms with Crippen molar-refractivity contribution in [1.82, 2.24) is 10.2 Å². The molecular weight excluding hydrogens is 446 g/mol. The fourth-order valence-electron chi connectivity index (χ4n) is 4.60. The molecule has 1 saturated heterocycles. The highest BCUT2D eigenvalue weighted by molar-refractivity contribution is 5.88. The van der Waals surface area contributed by atoms with Gasteiger partial charge in [-0.25, -0.2) is 4.79 Å². The number of likely N-dealkylation sites (tertiary alicyclic amines) is 1. The van der Waals surface area contributed by atoms with Gasteiger partial charge in [-0.1, -0.05) is 54.6 Å². The topological polar surface area (TPSA) is 95.9 Å². The number of alkyl carbamates (subject to hydrolysis) is 1. The van der Waals surface area contributed by atoms with Crippen molar-refractivity contribution >= 4 is 18.0 Å². The highest BCUT2D eigenvalue weighted by atomic mass is 19.3. The minimum Gasteiger partial charge on any atom is -0.481 e. The predicted molar refractivity (Wildman–Crippen MR) is 119 cm³/mol. The minimum absolute atomic E-state index is 0.0474. The molecule has 7 nitrogen and oxygen atoms in total. The lowest BCUT2D eigenvalue weighted by atomic mass is 9.76. The van der Waals surface area contributed by atoms with Gasteiger partial charge in [0.05, 0.1) is 6.54 Å². The van der Waals surface area contributed by atoms with Gasteiger partial charge in [-0.3, -0.25) is 9.59 Å². The Morgan fingerprint density at radius 1 is 1.12 bits per heavy atom. The average Bonchev–Trinajstić information content (AvgIpc) is 3.11. The average molecular weight is 470 g/mol. The lowest BCUT2D eigenvalue weighted by molar-refractivity contribution is -0.178. The van der Waals surface area contributed by atoms with Crippen LogP contribution in [-0.2, 0) is 14.3 Å². The van der Waals surface area contributed by atoms with Crippen LogP contribution in [-0.4, -0.2) is 60.1 Å². The van der Waals surface area contributed by atoms with Crippen molar-refractivity contribution in [3.8, 4) is 11.1 Å². The number of fused-ring (bicyclic) bond motifs is 3. The molecule has 1 heterocycles. The first kappa shape index (κ1) is 23.4. The van der Waals surface area contributed by atoms with Crippen LogP contribution in [0.4, 0.5) is 13.6 Å². The molecule has 4 rings (SSSR count). The number of hydrogen-bond acceptors (Lipinski definition) is 4. The summed E-state index contributed by atoms with van der Waals surface area (Å²) >= 11 is 0. The van der Waals surface area contributed by atoms with Crippen LogP contribution in [0.5, 0.6) is 0 Å². The molecule has 1 fully saturated rings. The fraction of sp³-hybridized carbons (Fsp3) is 0.320. The van der Waals surface area contributed by atoms with E-state index < -0.39 is 35.9 Å². The number of alkyl halides is 2. The Hall–Kier alpha value is -3.75. The van der Waals surface area contributed by atoms with Gasteiger partial charge in [-0.2, -0.15) is 8.78 Å². The molecule has 0 unspecified atom stereocenters. The molecule has 0 spiro atoms. The van der Waals surface area contributed by atoms with E-state index in [0.717, 1.165) is 27.2 Å². The van der Waals surface area contributed by atoms with Crippen LogP contribution in [0.2, 0.25) is 0 Å². The number of carbonyl (C=O) groups is 3. The molecule has 2 aliphatic rings. The van der Waals surface area contributed by atoms with Crippen LogP contribution < -0.4 is 5.32 Å². The van der Waals surface area contributed by atoms with Crippen molar-refractivity contribution in [2.24, 2.45) is 5.41 Å². The van der Waals surface area contributed by atoms with Gasteiger partial charge in [0, 0.05) is 19.0 Å². The number of aliphatic carboxylic acids is 1. The van der Waals surface area contributed by atoms with Crippen LogP contribution in [0.15, 0.2) is 61.2 Å². The number of rotatable bonds is 8. The third-order valence-electron chi connectivity index (χ3n) is 6.37. The number of halogens is 2. The zero-order valence-electron chi connectivity index (χ0n) is 18.3. The van der Waals surface area contributed by atoms with Crippen LogP contribution in [0.1, 0.15) is 23.5 Å². The second kappa shape index (κ2) is 8.89. The summed E-state index contributed by atoms with van der Waals surface area (Å²) in [5.74, 6) is -6.83. The molecule has 2 amide bonds. The molecule has 1 aliphatic carbocycles. The number of amides is 2. The lowest BCUT2D eigenvalue weighted by Crippen LogP contribution is -2.65. The Morgan fingerprint density at radius 2 is 1.68 bits per heavy atom. The first-order valence-electron chi connectivity index (χ1n) is 10.8. The maximum absolute atomic E-state index is 14.4. The maximum atomic E-state index is 14.4. The number of carbonyl (C=O) groups excluding carboxylic acids is 2. The molecule has 0 atom stereocenters. The Bertz CT molecular complexity index is 1100. The Kier molecular flexibility index (Phi) is 6.12. The van der Waals surface area contributed by atoms with Crippen LogP contribution in [0.25, 0.3) is 11.1 Å². The van der Waals surface area contributed by atoms with E-state index in [2.05, 4.69) is 6.58 Å². The summed E-state index contributed by atoms with van der Waals surface area (Å²) in [5, 5.41) is 11.3. The van der Waals surface area contributed by atoms with Gasteiger partial charge in [0.1, 0.15) is 12.0 Å². The largest absolute Gasteiger partial charge is 0.481 e. The number of hydrogen-bond donors (Lipinski definition) is 2. The summed E-state index contributed by atoms with van der Waals surface area (Å²) in [5.41, 5.74) is 2.74. The Morgan fingerprint density at radius 3 is 2.21 bits per heavy atom. The van der Waals surface area contributed by atoms with E-state index in [-0.39, 0.29) is 32.0 Å². The third-order valence-corrected chi connectivity index (χ3v) is 6.37. The number of nitrogens with one attached hydrogen (secondary N) is 1. The van der Waals surface area contributed by atoms with E-state index in [4.69, 9.17) is 4.74 Å². The molecule has 9 heteroatoms. The predicted octanol–water partition coefficient (Wildman–Crippen LogP) is 3.65. The molecule has 2 aromatic carbocycles. The maximum Gasteiger partial charge on any atom is 0.407 e. The zero-order valence-corrected chi connectivity index (χ0v) is 18.3. The van der Waals surface area contributed by atoms with Gasteiger partial charge in [0.15, 0.2) is 0 Å². The molecule has 0 bridgehead atoms. The third kappa shape index (κ3) is 4.13. The van der Waals surface area contributed by atoms with E-state index in [1.165, 1.54) is 6.08 Å². The summed E-state index contributed by atoms with van der Waals surface area (Å²) in [7, 11) is 0. The van der Waals surface area contributed by atoms with Crippen molar-refractivity contribution in [2.45, 2.75) is 18.3 Å². The summed E-state index contributed by atoms with van der Waals surface area (Å²) in [6, 6.07) is 15.4. The molecule has 0 saturated carbocycles. The van der Waals surface area contributed by atoms with E-state index in [1.807, 2.05) is 53.8 Å². The molecule has 2 aromatic rings. The lowest BCUT2D eigenvalue weighted by Gasteiger charge is -2.47. The normalized spacial score (nSPS) is 16.1. The highest BCUT2D eigenvalue weighted by Crippen LogP contribution is 2.44. The quantitative estimate of drug-likeness (QED) is 0.575. The monoisotopic (exact) mass is 470 g/mol. The van der Waals surface area contributed by atoms with Gasteiger partial charge >= 0.3 is 18.0 Å². The molecular formula is C25H24F2N2O5. The molecule has 0 aromatic heterocycles. The standard InChI is InChI=1S/C25H24F2N2O5/c1-2-11-24(22(31)32)14-29(15-24)21(30)25(26,27)13-28-23(33)34-12-20-18-9-5-3-7-16(18)17-8-4-6-10-19(17)20/h2-10,20H,1,11-15H2,(H,28,33)(H,31,32). The number of carboxylic acid groups (broad SMARTS) is 1. The summed E-state index contributed by atoms with van der Waals surface area (Å²) < 4.78 is 34.0. The smallest absolute Gasteiger partial charge is 0.407 e. The second-order valence-electron chi connectivity index (χ2n) is 8.62. The van der Waals surface area contributed by atoms with Crippen molar-refractivity contribution in [1.29, 1.82) is 0 Å². The van der Waals surface area contributed by atoms with Gasteiger partial charge in [0.2, 0.25) is 0 Å². The fourth-order valence-corrected chi connectivity index (χ4v) is 4.60. The summed E-state index contributed by atoms with van der Waals surface area (Å²) in [4.78, 5) is 36.5. The van der Waals surface area contributed by atoms with Gasteiger partial charge in [-0.15, -0.1) is 6.58 Å². The summed E-state index contributed by atoms with van der Waals surface area (Å²) in [6.07, 6.45) is 0.382. The highest BCUT2D eigenvalue weighted by Gasteiger charge is 2.55. The number of benzene rings is 2. The second-order valence-corrected chi connectivity index (χ2v) is 8.62. The number of allylic oxidation sites excluding steroid dienone is 1. The van der Waals surface area contributed by atoms with Gasteiger partial charge in [0.25, 0.3) is 5.91 Å². The molecule has 2 N–H and O–H groups in total. The summed E-state index contributed by atoms with van der Waals surface area (Å²) in [6.45, 7) is 1.50. The number of carboxylic acids is 1. The van der Waals surface area contributed by atoms with Crippen LogP contribution in [0, 0.1) is 5.41 Å². The van der Waals surface area contributed by atoms with Crippen LogP contribution >= 0.6 is 0 Å². The molecule has 34 heavy (non-hydrogen) atoms. The first-order valence-corrected chi connectivity index (χ1v) is 10.8. The molecule has 1 aliphatic heterocycles.